The zero-order chi connectivity index (χ0) is 14.6. The monoisotopic (exact) mass is 277 g/mol. The topological polar surface area (TPSA) is 31.2 Å². The van der Waals surface area contributed by atoms with E-state index in [0.717, 1.165) is 16.8 Å². The number of para-hydroxylation sites is 1. The highest BCUT2D eigenvalue weighted by atomic mass is 16.6. The van der Waals surface area contributed by atoms with Crippen molar-refractivity contribution in [3.8, 4) is 0 Å². The number of carbonyl (C=O) groups is 1. The second-order valence-electron chi connectivity index (χ2n) is 5.44. The zero-order valence-electron chi connectivity index (χ0n) is 12.0. The van der Waals surface area contributed by atoms with Crippen LogP contribution in [0.1, 0.15) is 33.4 Å². The van der Waals surface area contributed by atoms with E-state index in [-0.39, 0.29) is 12.2 Å². The summed E-state index contributed by atoms with van der Waals surface area (Å²) in [5, 5.41) is 1.20. The number of ether oxygens (including phenoxy) is 1. The maximum absolute atomic E-state index is 12.1. The summed E-state index contributed by atoms with van der Waals surface area (Å²) in [5.41, 5.74) is 5.06. The highest BCUT2D eigenvalue weighted by Crippen LogP contribution is 2.37. The molecular formula is C18H15NO2. The van der Waals surface area contributed by atoms with E-state index in [0.29, 0.717) is 5.56 Å². The molecule has 104 valence electrons. The summed E-state index contributed by atoms with van der Waals surface area (Å²) in [6.45, 7) is 4.18. The molecule has 1 atom stereocenters. The van der Waals surface area contributed by atoms with E-state index in [4.69, 9.17) is 4.74 Å². The molecule has 3 nitrogen and oxygen atoms in total. The molecule has 0 spiro atoms. The first kappa shape index (κ1) is 12.2. The second kappa shape index (κ2) is 4.22. The summed E-state index contributed by atoms with van der Waals surface area (Å²) in [6, 6.07) is 15.8. The van der Waals surface area contributed by atoms with Gasteiger partial charge in [0.15, 0.2) is 0 Å². The standard InChI is InChI=1S/C18H15NO2/c1-11-12(2)19(16-10-6-5-7-13(11)16)17-14-8-3-4-9-15(14)18(20)21-17/h3-10,17H,1-2H3. The van der Waals surface area contributed by atoms with Crippen molar-refractivity contribution in [1.82, 2.24) is 4.57 Å². The van der Waals surface area contributed by atoms with Gasteiger partial charge in [-0.25, -0.2) is 4.79 Å². The number of fused-ring (bicyclic) bond motifs is 2. The lowest BCUT2D eigenvalue weighted by Crippen LogP contribution is -2.11. The van der Waals surface area contributed by atoms with E-state index in [9.17, 15) is 4.79 Å². The van der Waals surface area contributed by atoms with Gasteiger partial charge in [-0.1, -0.05) is 36.4 Å². The number of nitrogens with zero attached hydrogens (tertiary/aromatic N) is 1. The minimum atomic E-state index is -0.368. The van der Waals surface area contributed by atoms with E-state index < -0.39 is 0 Å². The van der Waals surface area contributed by atoms with E-state index in [1.165, 1.54) is 10.9 Å². The van der Waals surface area contributed by atoms with Gasteiger partial charge in [0, 0.05) is 16.6 Å². The number of aryl methyl sites for hydroxylation is 1. The predicted octanol–water partition coefficient (Wildman–Crippen LogP) is 3.98. The molecule has 2 heterocycles. The molecular weight excluding hydrogens is 262 g/mol. The van der Waals surface area contributed by atoms with Gasteiger partial charge in [0.25, 0.3) is 0 Å². The van der Waals surface area contributed by atoms with E-state index >= 15 is 0 Å². The van der Waals surface area contributed by atoms with Crippen molar-refractivity contribution in [2.75, 3.05) is 0 Å². The van der Waals surface area contributed by atoms with E-state index in [1.807, 2.05) is 36.4 Å². The first-order valence-corrected chi connectivity index (χ1v) is 7.04. The van der Waals surface area contributed by atoms with Gasteiger partial charge in [-0.3, -0.25) is 0 Å². The van der Waals surface area contributed by atoms with Crippen molar-refractivity contribution >= 4 is 16.9 Å². The Labute approximate surface area is 122 Å². The summed E-state index contributed by atoms with van der Waals surface area (Å²) in [5.74, 6) is -0.245. The van der Waals surface area contributed by atoms with Gasteiger partial charge < -0.3 is 9.30 Å². The fourth-order valence-electron chi connectivity index (χ4n) is 3.18. The Morgan fingerprint density at radius 2 is 1.71 bits per heavy atom. The summed E-state index contributed by atoms with van der Waals surface area (Å²) in [7, 11) is 0. The number of benzene rings is 2. The molecule has 0 saturated heterocycles. The van der Waals surface area contributed by atoms with Gasteiger partial charge in [0.1, 0.15) is 0 Å². The maximum Gasteiger partial charge on any atom is 0.340 e. The van der Waals surface area contributed by atoms with E-state index in [1.54, 1.807) is 0 Å². The number of hydrogen-bond donors (Lipinski definition) is 0. The first-order valence-electron chi connectivity index (χ1n) is 7.04. The van der Waals surface area contributed by atoms with Crippen molar-refractivity contribution < 1.29 is 9.53 Å². The van der Waals surface area contributed by atoms with Crippen LogP contribution in [0.25, 0.3) is 10.9 Å². The lowest BCUT2D eigenvalue weighted by molar-refractivity contribution is 0.0328. The largest absolute Gasteiger partial charge is 0.433 e. The molecule has 3 heteroatoms. The molecule has 0 N–H and O–H groups in total. The molecule has 21 heavy (non-hydrogen) atoms. The summed E-state index contributed by atoms with van der Waals surface area (Å²) < 4.78 is 7.76. The van der Waals surface area contributed by atoms with Crippen LogP contribution in [-0.2, 0) is 4.74 Å². The van der Waals surface area contributed by atoms with Crippen molar-refractivity contribution in [3.63, 3.8) is 0 Å². The number of hydrogen-bond acceptors (Lipinski definition) is 2. The second-order valence-corrected chi connectivity index (χ2v) is 5.44. The average molecular weight is 277 g/mol. The number of cyclic esters (lactones) is 1. The molecule has 1 unspecified atom stereocenters. The molecule has 1 aromatic heterocycles. The van der Waals surface area contributed by atoms with Gasteiger partial charge in [-0.15, -0.1) is 0 Å². The molecule has 0 bridgehead atoms. The highest BCUT2D eigenvalue weighted by Gasteiger charge is 2.33. The van der Waals surface area contributed by atoms with Gasteiger partial charge in [-0.05, 0) is 31.5 Å². The summed E-state index contributed by atoms with van der Waals surface area (Å²) in [6.07, 6.45) is -0.368. The van der Waals surface area contributed by atoms with Gasteiger partial charge in [-0.2, -0.15) is 0 Å². The Morgan fingerprint density at radius 3 is 2.57 bits per heavy atom. The third-order valence-corrected chi connectivity index (χ3v) is 4.37. The fourth-order valence-corrected chi connectivity index (χ4v) is 3.18. The normalized spacial score (nSPS) is 17.0. The SMILES string of the molecule is Cc1c(C)n(C2OC(=O)c3ccccc32)c2ccccc12. The Bertz CT molecular complexity index is 876. The van der Waals surface area contributed by atoms with Crippen LogP contribution in [0.3, 0.4) is 0 Å². The van der Waals surface area contributed by atoms with Crippen LogP contribution >= 0.6 is 0 Å². The van der Waals surface area contributed by atoms with Gasteiger partial charge >= 0.3 is 5.97 Å². The Balaban J connectivity index is 2.01. The van der Waals surface area contributed by atoms with Crippen molar-refractivity contribution in [3.05, 3.63) is 70.9 Å². The number of aromatic nitrogens is 1. The first-order chi connectivity index (χ1) is 10.2. The molecule has 3 aromatic rings. The predicted molar refractivity (Wildman–Crippen MR) is 81.4 cm³/mol. The molecule has 0 radical (unpaired) electrons. The minimum Gasteiger partial charge on any atom is -0.433 e. The third kappa shape index (κ3) is 1.57. The van der Waals surface area contributed by atoms with Gasteiger partial charge in [0.05, 0.1) is 11.1 Å². The molecule has 4 rings (SSSR count). The van der Waals surface area contributed by atoms with Crippen LogP contribution in [0.15, 0.2) is 48.5 Å². The van der Waals surface area contributed by atoms with Gasteiger partial charge in [0.2, 0.25) is 6.23 Å². The van der Waals surface area contributed by atoms with Crippen LogP contribution in [0.5, 0.6) is 0 Å². The van der Waals surface area contributed by atoms with E-state index in [2.05, 4.69) is 30.5 Å². The quantitative estimate of drug-likeness (QED) is 0.630. The Kier molecular flexibility index (Phi) is 2.45. The lowest BCUT2D eigenvalue weighted by Gasteiger charge is -2.16. The van der Waals surface area contributed by atoms with Crippen LogP contribution in [0.4, 0.5) is 0 Å². The fraction of sp³-hybridized carbons (Fsp3) is 0.167. The average Bonchev–Trinajstić information content (AvgIpc) is 2.97. The maximum atomic E-state index is 12.1. The Morgan fingerprint density at radius 1 is 1.00 bits per heavy atom. The summed E-state index contributed by atoms with van der Waals surface area (Å²) >= 11 is 0. The number of esters is 1. The van der Waals surface area contributed by atoms with Crippen molar-refractivity contribution in [1.29, 1.82) is 0 Å². The smallest absolute Gasteiger partial charge is 0.340 e. The van der Waals surface area contributed by atoms with Crippen LogP contribution in [-0.4, -0.2) is 10.5 Å². The number of carbonyl (C=O) groups excluding carboxylic acids is 1. The third-order valence-electron chi connectivity index (χ3n) is 4.37. The molecule has 1 aliphatic heterocycles. The van der Waals surface area contributed by atoms with Crippen LogP contribution in [0.2, 0.25) is 0 Å². The molecule has 0 aliphatic carbocycles. The lowest BCUT2D eigenvalue weighted by atomic mass is 10.1. The minimum absolute atomic E-state index is 0.245. The Hall–Kier alpha value is -2.55. The molecule has 1 aliphatic rings. The van der Waals surface area contributed by atoms with Crippen molar-refractivity contribution in [2.45, 2.75) is 20.1 Å². The number of rotatable bonds is 1. The zero-order valence-corrected chi connectivity index (χ0v) is 12.0. The van der Waals surface area contributed by atoms with Crippen LogP contribution in [0, 0.1) is 13.8 Å². The molecule has 2 aromatic carbocycles. The van der Waals surface area contributed by atoms with Crippen LogP contribution < -0.4 is 0 Å². The molecule has 0 amide bonds. The molecule has 0 fully saturated rings. The molecule has 0 saturated carbocycles. The highest BCUT2D eigenvalue weighted by molar-refractivity contribution is 5.94. The van der Waals surface area contributed by atoms with Crippen molar-refractivity contribution in [2.24, 2.45) is 0 Å². The summed E-state index contributed by atoms with van der Waals surface area (Å²) in [4.78, 5) is 12.1.